The molecule has 1 aliphatic carbocycles. The molecule has 4 aliphatic rings. The minimum absolute atomic E-state index is 0.0241. The lowest BCUT2D eigenvalue weighted by Gasteiger charge is -2.36. The molecule has 8 nitrogen and oxygen atoms in total. The summed E-state index contributed by atoms with van der Waals surface area (Å²) < 4.78 is 64.7. The second kappa shape index (κ2) is 11.3. The number of aryl methyl sites for hydroxylation is 1. The van der Waals surface area contributed by atoms with E-state index in [0.717, 1.165) is 38.6 Å². The van der Waals surface area contributed by atoms with E-state index in [4.69, 9.17) is 19.2 Å². The molecule has 0 amide bonds. The number of nitrogens with zero attached hydrogens (tertiary/aromatic N) is 4. The first-order valence-electron chi connectivity index (χ1n) is 16.4. The Labute approximate surface area is 264 Å². The van der Waals surface area contributed by atoms with E-state index in [0.29, 0.717) is 66.4 Å². The first-order chi connectivity index (χ1) is 22.3. The van der Waals surface area contributed by atoms with Gasteiger partial charge in [0.25, 0.3) is 0 Å². The quantitative estimate of drug-likeness (QED) is 0.249. The Kier molecular flexibility index (Phi) is 7.34. The Bertz CT molecular complexity index is 1830. The Morgan fingerprint density at radius 1 is 1.09 bits per heavy atom. The molecule has 3 aliphatic heterocycles. The summed E-state index contributed by atoms with van der Waals surface area (Å²) in [7, 11) is 0. The maximum atomic E-state index is 16.9. The van der Waals surface area contributed by atoms with Crippen molar-refractivity contribution in [3.05, 3.63) is 53.4 Å². The van der Waals surface area contributed by atoms with Gasteiger partial charge in [-0.25, -0.2) is 13.2 Å². The monoisotopic (exact) mass is 634 g/mol. The molecule has 2 aromatic carbocycles. The van der Waals surface area contributed by atoms with Gasteiger partial charge in [-0.05, 0) is 73.2 Å². The van der Waals surface area contributed by atoms with Crippen molar-refractivity contribution in [3.63, 3.8) is 0 Å². The van der Waals surface area contributed by atoms with Crippen LogP contribution in [-0.4, -0.2) is 75.4 Å². The van der Waals surface area contributed by atoms with Gasteiger partial charge >= 0.3 is 6.01 Å². The van der Waals surface area contributed by atoms with E-state index in [-0.39, 0.29) is 41.1 Å². The summed E-state index contributed by atoms with van der Waals surface area (Å²) in [6.45, 7) is 4.29. The first kappa shape index (κ1) is 29.8. The van der Waals surface area contributed by atoms with Gasteiger partial charge in [0.15, 0.2) is 11.6 Å². The number of phenolic OH excluding ortho intramolecular Hbond substituents is 1. The van der Waals surface area contributed by atoms with Crippen LogP contribution in [0.3, 0.4) is 0 Å². The molecule has 1 spiro atoms. The van der Waals surface area contributed by atoms with E-state index >= 15 is 4.39 Å². The molecule has 0 radical (unpaired) electrons. The van der Waals surface area contributed by atoms with Crippen molar-refractivity contribution in [2.75, 3.05) is 32.9 Å². The van der Waals surface area contributed by atoms with Gasteiger partial charge in [0.2, 0.25) is 0 Å². The lowest BCUT2D eigenvalue weighted by molar-refractivity contribution is -0.180. The van der Waals surface area contributed by atoms with Crippen molar-refractivity contribution >= 4 is 21.7 Å². The summed E-state index contributed by atoms with van der Waals surface area (Å²) in [6.07, 6.45) is 6.15. The Morgan fingerprint density at radius 2 is 1.93 bits per heavy atom. The number of benzene rings is 2. The molecule has 3 atom stereocenters. The maximum absolute atomic E-state index is 16.9. The van der Waals surface area contributed by atoms with E-state index in [2.05, 4.69) is 14.9 Å². The number of halogens is 3. The average molecular weight is 635 g/mol. The molecule has 242 valence electrons. The lowest BCUT2D eigenvalue weighted by atomic mass is 9.81. The van der Waals surface area contributed by atoms with E-state index in [1.165, 1.54) is 18.2 Å². The number of aromatic nitrogens is 3. The molecule has 3 saturated heterocycles. The average Bonchev–Trinajstić information content (AvgIpc) is 3.74. The van der Waals surface area contributed by atoms with Crippen LogP contribution < -0.4 is 4.74 Å². The van der Waals surface area contributed by atoms with E-state index < -0.39 is 29.1 Å². The zero-order chi connectivity index (χ0) is 31.6. The van der Waals surface area contributed by atoms with E-state index in [1.54, 1.807) is 12.3 Å². The molecule has 11 heteroatoms. The number of pyridine rings is 1. The smallest absolute Gasteiger partial charge is 0.317 e. The molecule has 5 heterocycles. The van der Waals surface area contributed by atoms with Crippen molar-refractivity contribution in [2.45, 2.75) is 81.7 Å². The van der Waals surface area contributed by atoms with Crippen molar-refractivity contribution in [2.24, 2.45) is 0 Å². The number of alkyl halides is 1. The maximum Gasteiger partial charge on any atom is 0.317 e. The van der Waals surface area contributed by atoms with Crippen LogP contribution in [0.25, 0.3) is 32.9 Å². The molecule has 4 aromatic rings. The summed E-state index contributed by atoms with van der Waals surface area (Å²) >= 11 is 0. The third kappa shape index (κ3) is 4.89. The van der Waals surface area contributed by atoms with Crippen molar-refractivity contribution in [1.82, 2.24) is 19.9 Å². The number of phenols is 1. The Hall–Kier alpha value is -3.54. The summed E-state index contributed by atoms with van der Waals surface area (Å²) in [5.41, 5.74) is 0.837. The predicted molar refractivity (Wildman–Crippen MR) is 166 cm³/mol. The largest absolute Gasteiger partial charge is 0.508 e. The van der Waals surface area contributed by atoms with Crippen LogP contribution in [0.1, 0.15) is 69.0 Å². The third-order valence-corrected chi connectivity index (χ3v) is 10.6. The standard InChI is InChI=1S/C35H37F3N4O4/c1-2-24-27(37)7-6-20-13-23(43)14-25(28(20)24)31-29(38)32-26(17-39-31)30(21-5-3-9-35(15-21)45-11-12-46-35)40-33(41-32)44-19-34-8-4-10-42(34)18-22(36)16-34/h6-7,13-14,17,21-22,43H,2-5,8-12,15-16,18-19H2,1H3/t21?,22-,34+/m1/s1. The molecule has 0 bridgehead atoms. The number of aromatic hydroxyl groups is 1. The second-order valence-corrected chi connectivity index (χ2v) is 13.3. The summed E-state index contributed by atoms with van der Waals surface area (Å²) in [4.78, 5) is 16.2. The highest BCUT2D eigenvalue weighted by Gasteiger charge is 2.49. The Balaban J connectivity index is 1.27. The number of ether oxygens (including phenoxy) is 3. The third-order valence-electron chi connectivity index (χ3n) is 10.6. The van der Waals surface area contributed by atoms with Crippen LogP contribution >= 0.6 is 0 Å². The highest BCUT2D eigenvalue weighted by molar-refractivity contribution is 6.01. The van der Waals surface area contributed by atoms with E-state index in [9.17, 15) is 13.9 Å². The zero-order valence-corrected chi connectivity index (χ0v) is 25.8. The molecule has 1 unspecified atom stereocenters. The Morgan fingerprint density at radius 3 is 2.76 bits per heavy atom. The fourth-order valence-electron chi connectivity index (χ4n) is 8.49. The highest BCUT2D eigenvalue weighted by Crippen LogP contribution is 2.46. The van der Waals surface area contributed by atoms with Crippen molar-refractivity contribution in [1.29, 1.82) is 0 Å². The molecular weight excluding hydrogens is 597 g/mol. The minimum Gasteiger partial charge on any atom is -0.508 e. The van der Waals surface area contributed by atoms with Crippen molar-refractivity contribution < 1.29 is 32.5 Å². The molecule has 4 fully saturated rings. The number of rotatable bonds is 6. The minimum atomic E-state index is -0.914. The van der Waals surface area contributed by atoms with Crippen LogP contribution in [0.5, 0.6) is 11.8 Å². The van der Waals surface area contributed by atoms with Crippen molar-refractivity contribution in [3.8, 4) is 23.0 Å². The highest BCUT2D eigenvalue weighted by atomic mass is 19.1. The van der Waals surface area contributed by atoms with Gasteiger partial charge < -0.3 is 19.3 Å². The predicted octanol–water partition coefficient (Wildman–Crippen LogP) is 6.75. The van der Waals surface area contributed by atoms with Crippen LogP contribution in [0.4, 0.5) is 13.2 Å². The van der Waals surface area contributed by atoms with Crippen LogP contribution in [0.15, 0.2) is 30.5 Å². The molecule has 46 heavy (non-hydrogen) atoms. The summed E-state index contributed by atoms with van der Waals surface area (Å²) in [6, 6.07) is 5.90. The molecule has 1 N–H and O–H groups in total. The number of hydrogen-bond acceptors (Lipinski definition) is 8. The second-order valence-electron chi connectivity index (χ2n) is 13.3. The molecule has 1 saturated carbocycles. The molecule has 2 aromatic heterocycles. The SMILES string of the molecule is CCc1c(F)ccc2cc(O)cc(-c3ncc4c(C5CCCC6(C5)OCCO6)nc(OC[C@@]56CCCN5C[C@H](F)C6)nc4c3F)c12. The fraction of sp³-hybridized carbons (Fsp3) is 0.514. The number of fused-ring (bicyclic) bond motifs is 3. The normalized spacial score (nSPS) is 26.0. The summed E-state index contributed by atoms with van der Waals surface area (Å²) in [5, 5.41) is 12.1. The van der Waals surface area contributed by atoms with Gasteiger partial charge in [0, 0.05) is 48.9 Å². The van der Waals surface area contributed by atoms with Crippen LogP contribution in [0, 0.1) is 11.6 Å². The van der Waals surface area contributed by atoms with Gasteiger partial charge in [0.05, 0.1) is 24.4 Å². The molecular formula is C35H37F3N4O4. The lowest BCUT2D eigenvalue weighted by Crippen LogP contribution is -2.43. The first-order valence-corrected chi connectivity index (χ1v) is 16.4. The zero-order valence-electron chi connectivity index (χ0n) is 25.8. The topological polar surface area (TPSA) is 89.8 Å². The van der Waals surface area contributed by atoms with E-state index in [1.807, 2.05) is 6.92 Å². The van der Waals surface area contributed by atoms with Gasteiger partial charge in [-0.15, -0.1) is 0 Å². The van der Waals surface area contributed by atoms with Gasteiger partial charge in [-0.3, -0.25) is 9.88 Å². The van der Waals surface area contributed by atoms with Crippen LogP contribution in [0.2, 0.25) is 0 Å². The summed E-state index contributed by atoms with van der Waals surface area (Å²) in [5.74, 6) is -2.03. The fourth-order valence-corrected chi connectivity index (χ4v) is 8.49. The van der Waals surface area contributed by atoms with Gasteiger partial charge in [-0.2, -0.15) is 9.97 Å². The van der Waals surface area contributed by atoms with Crippen LogP contribution in [-0.2, 0) is 15.9 Å². The molecule has 8 rings (SSSR count). The van der Waals surface area contributed by atoms with Gasteiger partial charge in [0.1, 0.15) is 35.6 Å². The van der Waals surface area contributed by atoms with Gasteiger partial charge in [-0.1, -0.05) is 13.0 Å². The number of hydrogen-bond donors (Lipinski definition) is 1.